The molecule has 1 saturated carbocycles. The first kappa shape index (κ1) is 27.3. The van der Waals surface area contributed by atoms with Crippen LogP contribution in [-0.2, 0) is 27.2 Å². The molecule has 0 unspecified atom stereocenters. The summed E-state index contributed by atoms with van der Waals surface area (Å²) in [6, 6.07) is 18.9. The van der Waals surface area contributed by atoms with Crippen molar-refractivity contribution in [2.45, 2.75) is 49.3 Å². The standard InChI is InChI=1S/C24H36N2O6P2/c1-29-33(27,30-2)23(19-13-7-5-8-14-19)25-21-17-11-12-18-22(21)26-24(34(28,31-3)32-4)20-15-9-6-10-16-20/h5-10,13-16,21-26H,11-12,17-18H2,1-4H3/t21-,22-,23+,24+/m1/s1. The molecule has 4 atom stereocenters. The highest BCUT2D eigenvalue weighted by Gasteiger charge is 2.42. The second kappa shape index (κ2) is 12.6. The summed E-state index contributed by atoms with van der Waals surface area (Å²) in [6.07, 6.45) is 3.73. The van der Waals surface area contributed by atoms with Crippen LogP contribution in [0.5, 0.6) is 0 Å². The van der Waals surface area contributed by atoms with Gasteiger partial charge in [0.15, 0.2) is 0 Å². The fourth-order valence-corrected chi connectivity index (χ4v) is 7.48. The third-order valence-electron chi connectivity index (χ3n) is 6.39. The summed E-state index contributed by atoms with van der Waals surface area (Å²) in [4.78, 5) is 0. The zero-order chi connectivity index (χ0) is 24.6. The number of hydrogen-bond acceptors (Lipinski definition) is 8. The Balaban J connectivity index is 1.93. The van der Waals surface area contributed by atoms with E-state index in [1.54, 1.807) is 0 Å². The van der Waals surface area contributed by atoms with Gasteiger partial charge >= 0.3 is 15.2 Å². The van der Waals surface area contributed by atoms with Crippen LogP contribution < -0.4 is 10.6 Å². The van der Waals surface area contributed by atoms with Crippen molar-refractivity contribution in [1.82, 2.24) is 10.6 Å². The summed E-state index contributed by atoms with van der Waals surface area (Å²) in [5.74, 6) is -1.30. The topological polar surface area (TPSA) is 95.1 Å². The van der Waals surface area contributed by atoms with E-state index < -0.39 is 26.8 Å². The van der Waals surface area contributed by atoms with Gasteiger partial charge in [-0.15, -0.1) is 0 Å². The first-order valence-corrected chi connectivity index (χ1v) is 14.7. The molecule has 2 aromatic carbocycles. The lowest BCUT2D eigenvalue weighted by Crippen LogP contribution is -2.51. The fourth-order valence-electron chi connectivity index (χ4n) is 4.52. The van der Waals surface area contributed by atoms with E-state index >= 15 is 0 Å². The van der Waals surface area contributed by atoms with Gasteiger partial charge < -0.3 is 18.1 Å². The van der Waals surface area contributed by atoms with Crippen LogP contribution in [-0.4, -0.2) is 40.5 Å². The molecule has 0 aromatic heterocycles. The quantitative estimate of drug-likeness (QED) is 0.344. The maximum atomic E-state index is 13.5. The minimum atomic E-state index is -3.49. The summed E-state index contributed by atoms with van der Waals surface area (Å²) < 4.78 is 48.6. The van der Waals surface area contributed by atoms with Crippen molar-refractivity contribution in [3.05, 3.63) is 71.8 Å². The molecule has 0 radical (unpaired) electrons. The average molecular weight is 511 g/mol. The van der Waals surface area contributed by atoms with Gasteiger partial charge in [0.25, 0.3) is 0 Å². The van der Waals surface area contributed by atoms with Crippen LogP contribution >= 0.6 is 15.2 Å². The molecule has 1 fully saturated rings. The Morgan fingerprint density at radius 1 is 0.647 bits per heavy atom. The van der Waals surface area contributed by atoms with Crippen molar-refractivity contribution in [2.24, 2.45) is 0 Å². The number of nitrogens with one attached hydrogen (secondary N) is 2. The molecular formula is C24H36N2O6P2. The van der Waals surface area contributed by atoms with Crippen LogP contribution in [0.25, 0.3) is 0 Å². The monoisotopic (exact) mass is 510 g/mol. The maximum absolute atomic E-state index is 13.5. The first-order chi connectivity index (χ1) is 16.4. The highest BCUT2D eigenvalue weighted by atomic mass is 31.2. The van der Waals surface area contributed by atoms with Gasteiger partial charge in [0.1, 0.15) is 11.6 Å². The van der Waals surface area contributed by atoms with Crippen LogP contribution in [0.4, 0.5) is 0 Å². The Hall–Kier alpha value is -1.34. The molecule has 1 aliphatic rings. The van der Waals surface area contributed by atoms with Gasteiger partial charge in [-0.3, -0.25) is 19.8 Å². The highest BCUT2D eigenvalue weighted by Crippen LogP contribution is 2.60. The van der Waals surface area contributed by atoms with Gasteiger partial charge in [-0.2, -0.15) is 0 Å². The van der Waals surface area contributed by atoms with Crippen LogP contribution in [0.1, 0.15) is 48.4 Å². The Morgan fingerprint density at radius 2 is 0.971 bits per heavy atom. The van der Waals surface area contributed by atoms with E-state index in [4.69, 9.17) is 18.1 Å². The van der Waals surface area contributed by atoms with Crippen LogP contribution in [0.2, 0.25) is 0 Å². The Labute approximate surface area is 202 Å². The van der Waals surface area contributed by atoms with E-state index in [9.17, 15) is 9.13 Å². The third-order valence-corrected chi connectivity index (χ3v) is 10.6. The van der Waals surface area contributed by atoms with Crippen LogP contribution in [0.15, 0.2) is 60.7 Å². The van der Waals surface area contributed by atoms with Crippen LogP contribution in [0.3, 0.4) is 0 Å². The lowest BCUT2D eigenvalue weighted by Gasteiger charge is -2.39. The summed E-state index contributed by atoms with van der Waals surface area (Å²) in [5.41, 5.74) is 1.64. The molecule has 1 aliphatic carbocycles. The summed E-state index contributed by atoms with van der Waals surface area (Å²) in [7, 11) is -1.37. The molecule has 0 aliphatic heterocycles. The van der Waals surface area contributed by atoms with Gasteiger partial charge in [0.05, 0.1) is 0 Å². The molecule has 0 saturated heterocycles. The summed E-state index contributed by atoms with van der Waals surface area (Å²) >= 11 is 0. The zero-order valence-corrected chi connectivity index (χ0v) is 22.0. The fraction of sp³-hybridized carbons (Fsp3) is 0.500. The molecule has 3 rings (SSSR count). The largest absolute Gasteiger partial charge is 0.351 e. The summed E-state index contributed by atoms with van der Waals surface area (Å²) in [5, 5.41) is 7.12. The van der Waals surface area contributed by atoms with Gasteiger partial charge in [-0.25, -0.2) is 0 Å². The smallest absolute Gasteiger partial charge is 0.311 e. The van der Waals surface area contributed by atoms with E-state index in [1.165, 1.54) is 28.4 Å². The molecule has 2 N–H and O–H groups in total. The molecule has 0 amide bonds. The molecule has 0 heterocycles. The predicted octanol–water partition coefficient (Wildman–Crippen LogP) is 5.85. The highest BCUT2D eigenvalue weighted by molar-refractivity contribution is 7.54. The minimum Gasteiger partial charge on any atom is -0.311 e. The molecule has 2 aromatic rings. The molecule has 34 heavy (non-hydrogen) atoms. The second-order valence-electron chi connectivity index (χ2n) is 8.27. The van der Waals surface area contributed by atoms with E-state index in [0.717, 1.165) is 36.8 Å². The molecule has 10 heteroatoms. The van der Waals surface area contributed by atoms with Gasteiger partial charge in [-0.1, -0.05) is 73.5 Å². The van der Waals surface area contributed by atoms with E-state index in [-0.39, 0.29) is 12.1 Å². The maximum Gasteiger partial charge on any atom is 0.351 e. The Bertz CT molecular complexity index is 882. The van der Waals surface area contributed by atoms with Crippen LogP contribution in [0, 0.1) is 0 Å². The van der Waals surface area contributed by atoms with E-state index in [1.807, 2.05) is 60.7 Å². The van der Waals surface area contributed by atoms with Gasteiger partial charge in [-0.05, 0) is 24.0 Å². The van der Waals surface area contributed by atoms with Crippen molar-refractivity contribution in [2.75, 3.05) is 28.4 Å². The Morgan fingerprint density at radius 3 is 1.26 bits per heavy atom. The SMILES string of the molecule is COP(=O)(OC)[C@H](N[C@@H]1CCCC[C@H]1N[C@H](c1ccccc1)P(=O)(OC)OC)c1ccccc1. The van der Waals surface area contributed by atoms with Crippen molar-refractivity contribution < 1.29 is 27.2 Å². The van der Waals surface area contributed by atoms with E-state index in [0.29, 0.717) is 0 Å². The normalized spacial score (nSPS) is 21.2. The van der Waals surface area contributed by atoms with Crippen molar-refractivity contribution in [3.63, 3.8) is 0 Å². The second-order valence-corrected chi connectivity index (χ2v) is 12.9. The molecule has 0 bridgehead atoms. The molecule has 0 spiro atoms. The average Bonchev–Trinajstić information content (AvgIpc) is 2.91. The number of hydrogen-bond donors (Lipinski definition) is 2. The zero-order valence-electron chi connectivity index (χ0n) is 20.3. The predicted molar refractivity (Wildman–Crippen MR) is 134 cm³/mol. The third kappa shape index (κ3) is 6.26. The van der Waals surface area contributed by atoms with Gasteiger partial charge in [0.2, 0.25) is 0 Å². The lowest BCUT2D eigenvalue weighted by atomic mass is 9.90. The number of rotatable bonds is 12. The summed E-state index contributed by atoms with van der Waals surface area (Å²) in [6.45, 7) is 0. The van der Waals surface area contributed by atoms with Gasteiger partial charge in [0, 0.05) is 40.5 Å². The van der Waals surface area contributed by atoms with Crippen molar-refractivity contribution in [3.8, 4) is 0 Å². The number of benzene rings is 2. The van der Waals surface area contributed by atoms with Crippen molar-refractivity contribution >= 4 is 15.2 Å². The lowest BCUT2D eigenvalue weighted by molar-refractivity contribution is 0.220. The Kier molecular flexibility index (Phi) is 10.1. The molecule has 8 nitrogen and oxygen atoms in total. The van der Waals surface area contributed by atoms with E-state index in [2.05, 4.69) is 10.6 Å². The molecule has 188 valence electrons. The molecular weight excluding hydrogens is 474 g/mol. The first-order valence-electron chi connectivity index (χ1n) is 11.4. The van der Waals surface area contributed by atoms with Crippen molar-refractivity contribution in [1.29, 1.82) is 0 Å². The minimum absolute atomic E-state index is 0.0778.